The lowest BCUT2D eigenvalue weighted by Crippen LogP contribution is -2.47. The van der Waals surface area contributed by atoms with Gasteiger partial charge < -0.3 is 10.2 Å². The van der Waals surface area contributed by atoms with E-state index in [1.807, 2.05) is 4.72 Å². The molecule has 0 bridgehead atoms. The molecular formula is C14H21NO5S. The van der Waals surface area contributed by atoms with Gasteiger partial charge in [0.05, 0.1) is 11.0 Å². The third-order valence-corrected chi connectivity index (χ3v) is 4.37. The van der Waals surface area contributed by atoms with E-state index in [1.165, 1.54) is 19.1 Å². The Bertz CT molecular complexity index is 578. The summed E-state index contributed by atoms with van der Waals surface area (Å²) >= 11 is 0. The van der Waals surface area contributed by atoms with E-state index in [-0.39, 0.29) is 4.90 Å². The van der Waals surface area contributed by atoms with Crippen molar-refractivity contribution in [3.63, 3.8) is 0 Å². The van der Waals surface area contributed by atoms with Crippen LogP contribution in [0.4, 0.5) is 0 Å². The zero-order chi connectivity index (χ0) is 16.2. The van der Waals surface area contributed by atoms with E-state index in [0.717, 1.165) is 12.0 Å². The minimum atomic E-state index is -3.99. The van der Waals surface area contributed by atoms with Crippen LogP contribution >= 0.6 is 0 Å². The van der Waals surface area contributed by atoms with Crippen LogP contribution in [0.1, 0.15) is 26.3 Å². The fraction of sp³-hybridized carbons (Fsp3) is 0.500. The van der Waals surface area contributed by atoms with Gasteiger partial charge in [0.1, 0.15) is 6.04 Å². The molecule has 0 saturated carbocycles. The van der Waals surface area contributed by atoms with Crippen molar-refractivity contribution < 1.29 is 23.4 Å². The Hall–Kier alpha value is -1.44. The highest BCUT2D eigenvalue weighted by Gasteiger charge is 2.29. The molecule has 0 aromatic heterocycles. The number of aliphatic carboxylic acids is 1. The number of carboxylic acid groups (broad SMARTS) is 1. The third kappa shape index (κ3) is 5.11. The molecule has 7 heteroatoms. The molecule has 21 heavy (non-hydrogen) atoms. The number of carbonyl (C=O) groups is 1. The fourth-order valence-corrected chi connectivity index (χ4v) is 3.13. The average molecular weight is 315 g/mol. The highest BCUT2D eigenvalue weighted by molar-refractivity contribution is 7.89. The second-order valence-corrected chi connectivity index (χ2v) is 7.13. The molecule has 2 atom stereocenters. The highest BCUT2D eigenvalue weighted by Crippen LogP contribution is 2.14. The van der Waals surface area contributed by atoms with Crippen LogP contribution in [0.5, 0.6) is 0 Å². The van der Waals surface area contributed by atoms with Crippen molar-refractivity contribution in [2.24, 2.45) is 5.92 Å². The minimum absolute atomic E-state index is 0.0260. The van der Waals surface area contributed by atoms with E-state index in [1.54, 1.807) is 12.1 Å². The first-order valence-electron chi connectivity index (χ1n) is 6.65. The van der Waals surface area contributed by atoms with Gasteiger partial charge in [-0.25, -0.2) is 8.42 Å². The molecule has 0 aliphatic heterocycles. The van der Waals surface area contributed by atoms with E-state index in [2.05, 4.69) is 13.8 Å². The topological polar surface area (TPSA) is 104 Å². The standard InChI is InChI=1S/C14H21NO5S/c1-9(2)8-11-4-6-12(7-5-11)21(19,20)15-13(10(3)16)14(17)18/h4-7,9-10,13,15-16H,8H2,1-3H3,(H,17,18)/t10-,13+/m1/s1. The summed E-state index contributed by atoms with van der Waals surface area (Å²) in [5, 5.41) is 18.2. The molecule has 0 unspecified atom stereocenters. The van der Waals surface area contributed by atoms with E-state index < -0.39 is 28.1 Å². The molecule has 0 radical (unpaired) electrons. The van der Waals surface area contributed by atoms with Gasteiger partial charge in [0.2, 0.25) is 10.0 Å². The average Bonchev–Trinajstić information content (AvgIpc) is 2.35. The van der Waals surface area contributed by atoms with Crippen LogP contribution < -0.4 is 4.72 Å². The van der Waals surface area contributed by atoms with Gasteiger partial charge in [-0.2, -0.15) is 4.72 Å². The van der Waals surface area contributed by atoms with Crippen molar-refractivity contribution in [3.05, 3.63) is 29.8 Å². The zero-order valence-electron chi connectivity index (χ0n) is 12.3. The molecule has 0 aliphatic carbocycles. The largest absolute Gasteiger partial charge is 0.480 e. The van der Waals surface area contributed by atoms with Gasteiger partial charge in [-0.15, -0.1) is 0 Å². The third-order valence-electron chi connectivity index (χ3n) is 2.91. The Labute approximate surface area is 124 Å². The van der Waals surface area contributed by atoms with Gasteiger partial charge in [0.15, 0.2) is 0 Å². The second kappa shape index (κ2) is 7.02. The summed E-state index contributed by atoms with van der Waals surface area (Å²) < 4.78 is 26.2. The normalized spacial score (nSPS) is 14.9. The maximum atomic E-state index is 12.1. The molecule has 1 rings (SSSR count). The van der Waals surface area contributed by atoms with Crippen LogP contribution in [0, 0.1) is 5.92 Å². The van der Waals surface area contributed by atoms with Crippen molar-refractivity contribution in [3.8, 4) is 0 Å². The van der Waals surface area contributed by atoms with Crippen LogP contribution in [0.25, 0.3) is 0 Å². The molecule has 0 fully saturated rings. The minimum Gasteiger partial charge on any atom is -0.480 e. The summed E-state index contributed by atoms with van der Waals surface area (Å²) in [6.45, 7) is 5.34. The van der Waals surface area contributed by atoms with Crippen LogP contribution in [-0.4, -0.2) is 36.7 Å². The lowest BCUT2D eigenvalue weighted by atomic mass is 10.0. The Kier molecular flexibility index (Phi) is 5.88. The molecule has 0 spiro atoms. The number of hydrogen-bond donors (Lipinski definition) is 3. The van der Waals surface area contributed by atoms with Gasteiger partial charge in [-0.3, -0.25) is 4.79 Å². The van der Waals surface area contributed by atoms with Gasteiger partial charge in [-0.05, 0) is 37.0 Å². The van der Waals surface area contributed by atoms with Crippen LogP contribution in [0.3, 0.4) is 0 Å². The van der Waals surface area contributed by atoms with E-state index in [0.29, 0.717) is 5.92 Å². The highest BCUT2D eigenvalue weighted by atomic mass is 32.2. The smallest absolute Gasteiger partial charge is 0.324 e. The zero-order valence-corrected chi connectivity index (χ0v) is 13.1. The molecule has 6 nitrogen and oxygen atoms in total. The molecule has 0 saturated heterocycles. The Balaban J connectivity index is 2.95. The predicted molar refractivity (Wildman–Crippen MR) is 78.4 cm³/mol. The monoisotopic (exact) mass is 315 g/mol. The van der Waals surface area contributed by atoms with Crippen molar-refractivity contribution in [1.82, 2.24) is 4.72 Å². The first-order valence-corrected chi connectivity index (χ1v) is 8.14. The molecule has 1 aromatic rings. The summed E-state index contributed by atoms with van der Waals surface area (Å²) in [5.74, 6) is -0.970. The quantitative estimate of drug-likeness (QED) is 0.696. The number of aliphatic hydroxyl groups is 1. The molecule has 3 N–H and O–H groups in total. The Morgan fingerprint density at radius 1 is 1.19 bits per heavy atom. The van der Waals surface area contributed by atoms with Crippen molar-refractivity contribution >= 4 is 16.0 Å². The summed E-state index contributed by atoms with van der Waals surface area (Å²) in [6.07, 6.45) is -0.503. The number of aliphatic hydroxyl groups excluding tert-OH is 1. The predicted octanol–water partition coefficient (Wildman–Crippen LogP) is 0.997. The Morgan fingerprint density at radius 3 is 2.10 bits per heavy atom. The number of sulfonamides is 1. The van der Waals surface area contributed by atoms with Crippen LogP contribution in [0.2, 0.25) is 0 Å². The first-order chi connectivity index (χ1) is 9.63. The summed E-state index contributed by atoms with van der Waals surface area (Å²) in [7, 11) is -3.99. The number of rotatable bonds is 7. The number of benzene rings is 1. The number of hydrogen-bond acceptors (Lipinski definition) is 4. The first kappa shape index (κ1) is 17.6. The molecule has 118 valence electrons. The maximum absolute atomic E-state index is 12.1. The molecule has 0 amide bonds. The Morgan fingerprint density at radius 2 is 1.71 bits per heavy atom. The lowest BCUT2D eigenvalue weighted by Gasteiger charge is -2.17. The van der Waals surface area contributed by atoms with Crippen LogP contribution in [0.15, 0.2) is 29.2 Å². The van der Waals surface area contributed by atoms with Gasteiger partial charge in [0.25, 0.3) is 0 Å². The van der Waals surface area contributed by atoms with Gasteiger partial charge in [0, 0.05) is 0 Å². The van der Waals surface area contributed by atoms with Crippen LogP contribution in [-0.2, 0) is 21.2 Å². The summed E-state index contributed by atoms with van der Waals surface area (Å²) in [5.41, 5.74) is 1.01. The summed E-state index contributed by atoms with van der Waals surface area (Å²) in [4.78, 5) is 10.9. The van der Waals surface area contributed by atoms with Crippen molar-refractivity contribution in [2.45, 2.75) is 44.2 Å². The molecule has 1 aromatic carbocycles. The van der Waals surface area contributed by atoms with E-state index in [4.69, 9.17) is 5.11 Å². The number of nitrogens with one attached hydrogen (secondary N) is 1. The molecule has 0 aliphatic rings. The lowest BCUT2D eigenvalue weighted by molar-refractivity contribution is -0.141. The van der Waals surface area contributed by atoms with Crippen molar-refractivity contribution in [1.29, 1.82) is 0 Å². The maximum Gasteiger partial charge on any atom is 0.324 e. The summed E-state index contributed by atoms with van der Waals surface area (Å²) in [6, 6.07) is 4.69. The van der Waals surface area contributed by atoms with Gasteiger partial charge in [-0.1, -0.05) is 26.0 Å². The second-order valence-electron chi connectivity index (χ2n) is 5.42. The molecular weight excluding hydrogens is 294 g/mol. The van der Waals surface area contributed by atoms with Crippen molar-refractivity contribution in [2.75, 3.05) is 0 Å². The fourth-order valence-electron chi connectivity index (χ4n) is 1.87. The van der Waals surface area contributed by atoms with E-state index in [9.17, 15) is 18.3 Å². The SMILES string of the molecule is CC(C)Cc1ccc(S(=O)(=O)N[C@H](C(=O)O)[C@@H](C)O)cc1. The molecule has 0 heterocycles. The van der Waals surface area contributed by atoms with Gasteiger partial charge >= 0.3 is 5.97 Å². The number of carboxylic acids is 1. The van der Waals surface area contributed by atoms with E-state index >= 15 is 0 Å².